The van der Waals surface area contributed by atoms with Crippen molar-refractivity contribution in [2.45, 2.75) is 96.7 Å². The molecule has 0 spiro atoms. The Morgan fingerprint density at radius 1 is 1.05 bits per heavy atom. The van der Waals surface area contributed by atoms with E-state index in [4.69, 9.17) is 5.41 Å². The Morgan fingerprint density at radius 2 is 1.82 bits per heavy atom. The first kappa shape index (κ1) is 27.3. The van der Waals surface area contributed by atoms with Gasteiger partial charge in [-0.3, -0.25) is 19.9 Å². The van der Waals surface area contributed by atoms with Crippen LogP contribution < -0.4 is 10.6 Å². The fourth-order valence-corrected chi connectivity index (χ4v) is 6.29. The first-order chi connectivity index (χ1) is 18.3. The standard InChI is InChI=1S/C31H38F2N4O2/c1-18-9-10-19-7-5-6-8-21-15-27(38)37(29(34)35-21)26-17-31(32,33)24-12-11-20(14-23(24)26)28(39)36-25(22(18)13-19)16-30(2,3)4/h9-14,21,25-26H,5-8,15-17H2,1-4H3,(H2,34,35)(H,36,39)/t21?,25?,26-/m1/s1. The molecule has 6 nitrogen and oxygen atoms in total. The maximum Gasteiger partial charge on any atom is 0.275 e. The second kappa shape index (κ2) is 10.0. The molecule has 3 aliphatic heterocycles. The molecule has 8 heteroatoms. The molecule has 1 fully saturated rings. The highest BCUT2D eigenvalue weighted by Gasteiger charge is 2.50. The first-order valence-electron chi connectivity index (χ1n) is 13.9. The second-order valence-corrected chi connectivity index (χ2v) is 12.6. The number of nitrogens with one attached hydrogen (secondary N) is 3. The van der Waals surface area contributed by atoms with Gasteiger partial charge in [-0.15, -0.1) is 0 Å². The minimum atomic E-state index is -3.16. The Labute approximate surface area is 229 Å². The number of fused-ring (bicyclic) bond motifs is 7. The van der Waals surface area contributed by atoms with Gasteiger partial charge in [0, 0.05) is 30.0 Å². The van der Waals surface area contributed by atoms with Gasteiger partial charge >= 0.3 is 0 Å². The van der Waals surface area contributed by atoms with E-state index in [1.165, 1.54) is 23.8 Å². The third-order valence-electron chi connectivity index (χ3n) is 8.21. The zero-order chi connectivity index (χ0) is 28.1. The SMILES string of the molecule is Cc1ccc2cc1C(CC(C)(C)C)NC(=O)c1ccc3c(c1)[C@@H](CC3(F)F)N1C(=N)NC(CCCC2)CC1=O. The molecule has 6 rings (SSSR count). The molecule has 0 radical (unpaired) electrons. The first-order valence-corrected chi connectivity index (χ1v) is 13.9. The van der Waals surface area contributed by atoms with Crippen LogP contribution in [0.3, 0.4) is 0 Å². The van der Waals surface area contributed by atoms with Crippen molar-refractivity contribution in [1.29, 1.82) is 5.41 Å². The average molecular weight is 537 g/mol. The fraction of sp³-hybridized carbons (Fsp3) is 0.516. The minimum Gasteiger partial charge on any atom is -0.353 e. The fourth-order valence-electron chi connectivity index (χ4n) is 6.29. The topological polar surface area (TPSA) is 85.3 Å². The Kier molecular flexibility index (Phi) is 7.02. The van der Waals surface area contributed by atoms with Gasteiger partial charge in [-0.05, 0) is 72.4 Å². The number of halogens is 2. The van der Waals surface area contributed by atoms with Gasteiger partial charge in [0.25, 0.3) is 11.8 Å². The van der Waals surface area contributed by atoms with Crippen LogP contribution in [0.4, 0.5) is 8.78 Å². The third-order valence-corrected chi connectivity index (χ3v) is 8.21. The Hall–Kier alpha value is -3.29. The molecular formula is C31H38F2N4O2. The Bertz CT molecular complexity index is 1300. The van der Waals surface area contributed by atoms with Crippen molar-refractivity contribution >= 4 is 17.8 Å². The van der Waals surface area contributed by atoms with Crippen LogP contribution in [-0.4, -0.2) is 28.7 Å². The average Bonchev–Trinajstić information content (AvgIpc) is 3.10. The summed E-state index contributed by atoms with van der Waals surface area (Å²) in [7, 11) is 0. The van der Waals surface area contributed by atoms with E-state index in [1.54, 1.807) is 0 Å². The lowest BCUT2D eigenvalue weighted by Crippen LogP contribution is -2.56. The van der Waals surface area contributed by atoms with Gasteiger partial charge in [0.05, 0.1) is 12.1 Å². The molecule has 4 aliphatic rings. The minimum absolute atomic E-state index is 0.0667. The summed E-state index contributed by atoms with van der Waals surface area (Å²) in [5.41, 5.74) is 3.62. The molecule has 0 saturated carbocycles. The molecule has 39 heavy (non-hydrogen) atoms. The van der Waals surface area contributed by atoms with Crippen LogP contribution in [0.5, 0.6) is 0 Å². The van der Waals surface area contributed by atoms with Gasteiger partial charge in [-0.25, -0.2) is 8.78 Å². The summed E-state index contributed by atoms with van der Waals surface area (Å²) in [6.45, 7) is 8.46. The number of hydrogen-bond acceptors (Lipinski definition) is 3. The number of alkyl halides is 2. The van der Waals surface area contributed by atoms with E-state index in [9.17, 15) is 9.59 Å². The lowest BCUT2D eigenvalue weighted by molar-refractivity contribution is -0.132. The van der Waals surface area contributed by atoms with Crippen molar-refractivity contribution in [2.75, 3.05) is 0 Å². The van der Waals surface area contributed by atoms with E-state index in [0.717, 1.165) is 41.7 Å². The Morgan fingerprint density at radius 3 is 2.54 bits per heavy atom. The lowest BCUT2D eigenvalue weighted by Gasteiger charge is -2.37. The zero-order valence-electron chi connectivity index (χ0n) is 23.2. The highest BCUT2D eigenvalue weighted by molar-refractivity contribution is 5.99. The van der Waals surface area contributed by atoms with Crippen molar-refractivity contribution in [3.05, 3.63) is 69.8 Å². The number of carbonyl (C=O) groups is 2. The van der Waals surface area contributed by atoms with Crippen LogP contribution in [0.15, 0.2) is 36.4 Å². The normalized spacial score (nSPS) is 25.1. The van der Waals surface area contributed by atoms with Crippen molar-refractivity contribution in [1.82, 2.24) is 15.5 Å². The zero-order valence-corrected chi connectivity index (χ0v) is 23.2. The lowest BCUT2D eigenvalue weighted by atomic mass is 9.83. The number of aryl methyl sites for hydroxylation is 2. The van der Waals surface area contributed by atoms with Gasteiger partial charge in [-0.2, -0.15) is 0 Å². The maximum atomic E-state index is 15.1. The maximum absolute atomic E-state index is 15.1. The van der Waals surface area contributed by atoms with E-state index >= 15 is 8.78 Å². The van der Waals surface area contributed by atoms with Crippen molar-refractivity contribution < 1.29 is 18.4 Å². The summed E-state index contributed by atoms with van der Waals surface area (Å²) in [4.78, 5) is 28.0. The van der Waals surface area contributed by atoms with Crippen LogP contribution in [0.1, 0.15) is 110 Å². The van der Waals surface area contributed by atoms with Gasteiger partial charge in [0.15, 0.2) is 5.96 Å². The largest absolute Gasteiger partial charge is 0.353 e. The number of benzene rings is 2. The van der Waals surface area contributed by atoms with E-state index in [1.807, 2.05) is 0 Å². The van der Waals surface area contributed by atoms with Gasteiger partial charge in [-0.1, -0.05) is 51.5 Å². The number of carbonyl (C=O) groups excluding carboxylic acids is 2. The van der Waals surface area contributed by atoms with Gasteiger partial charge in [0.2, 0.25) is 5.91 Å². The molecule has 3 N–H and O–H groups in total. The number of nitrogens with zero attached hydrogens (tertiary/aromatic N) is 1. The molecule has 0 aromatic heterocycles. The van der Waals surface area contributed by atoms with Crippen molar-refractivity contribution in [3.8, 4) is 0 Å². The molecule has 2 aromatic rings. The second-order valence-electron chi connectivity index (χ2n) is 12.6. The van der Waals surface area contributed by atoms with Crippen LogP contribution in [0, 0.1) is 17.7 Å². The van der Waals surface area contributed by atoms with E-state index in [-0.39, 0.29) is 58.4 Å². The number of hydrogen-bond donors (Lipinski definition) is 3. The molecule has 3 atom stereocenters. The summed E-state index contributed by atoms with van der Waals surface area (Å²) in [5, 5.41) is 14.8. The molecule has 6 bridgehead atoms. The smallest absolute Gasteiger partial charge is 0.275 e. The number of guanidine groups is 1. The molecule has 2 aromatic carbocycles. The van der Waals surface area contributed by atoms with E-state index in [0.29, 0.717) is 6.42 Å². The molecule has 3 heterocycles. The molecule has 2 amide bonds. The summed E-state index contributed by atoms with van der Waals surface area (Å²) >= 11 is 0. The summed E-state index contributed by atoms with van der Waals surface area (Å²) in [6.07, 6.45) is 3.65. The van der Waals surface area contributed by atoms with Gasteiger partial charge < -0.3 is 10.6 Å². The summed E-state index contributed by atoms with van der Waals surface area (Å²) < 4.78 is 30.2. The van der Waals surface area contributed by atoms with E-state index in [2.05, 4.69) is 56.5 Å². The molecular weight excluding hydrogens is 498 g/mol. The van der Waals surface area contributed by atoms with Crippen molar-refractivity contribution in [3.63, 3.8) is 0 Å². The van der Waals surface area contributed by atoms with Crippen LogP contribution in [-0.2, 0) is 17.1 Å². The Balaban J connectivity index is 1.58. The van der Waals surface area contributed by atoms with Gasteiger partial charge in [0.1, 0.15) is 0 Å². The van der Waals surface area contributed by atoms with Crippen LogP contribution >= 0.6 is 0 Å². The molecule has 1 aliphatic carbocycles. The van der Waals surface area contributed by atoms with Crippen molar-refractivity contribution in [2.24, 2.45) is 5.41 Å². The van der Waals surface area contributed by atoms with E-state index < -0.39 is 18.4 Å². The van der Waals surface area contributed by atoms with Crippen LogP contribution in [0.2, 0.25) is 0 Å². The highest BCUT2D eigenvalue weighted by atomic mass is 19.3. The third kappa shape index (κ3) is 5.56. The molecule has 1 saturated heterocycles. The number of amides is 2. The predicted molar refractivity (Wildman–Crippen MR) is 147 cm³/mol. The molecule has 208 valence electrons. The number of rotatable bonds is 1. The highest BCUT2D eigenvalue weighted by Crippen LogP contribution is 2.50. The monoisotopic (exact) mass is 536 g/mol. The quantitative estimate of drug-likeness (QED) is 0.400. The molecule has 2 unspecified atom stereocenters. The van der Waals surface area contributed by atoms with Crippen LogP contribution in [0.25, 0.3) is 0 Å². The summed E-state index contributed by atoms with van der Waals surface area (Å²) in [5.74, 6) is -3.97. The summed E-state index contributed by atoms with van der Waals surface area (Å²) in [6, 6.07) is 9.21. The predicted octanol–water partition coefficient (Wildman–Crippen LogP) is 6.29.